The number of halogens is 3. The molecule has 1 aromatic heterocycles. The Morgan fingerprint density at radius 1 is 1.06 bits per heavy atom. The summed E-state index contributed by atoms with van der Waals surface area (Å²) in [5, 5.41) is 4.46. The lowest BCUT2D eigenvalue weighted by molar-refractivity contribution is 0.380. The first-order chi connectivity index (χ1) is 16.0. The number of ether oxygens (including phenoxy) is 1. The third-order valence-corrected chi connectivity index (χ3v) is 7.59. The molecule has 3 aliphatic rings. The number of piperazine rings is 1. The van der Waals surface area contributed by atoms with E-state index in [4.69, 9.17) is 16.3 Å². The van der Waals surface area contributed by atoms with Crippen molar-refractivity contribution >= 4 is 28.3 Å². The van der Waals surface area contributed by atoms with Gasteiger partial charge in [0.05, 0.1) is 12.1 Å². The summed E-state index contributed by atoms with van der Waals surface area (Å²) in [4.78, 5) is 11.2. The molecule has 3 aromatic rings. The number of fused-ring (bicyclic) bond motifs is 4. The summed E-state index contributed by atoms with van der Waals surface area (Å²) in [6.07, 6.45) is 5.49. The van der Waals surface area contributed by atoms with Crippen LogP contribution in [0, 0.1) is 11.6 Å². The molecule has 2 unspecified atom stereocenters. The highest BCUT2D eigenvalue weighted by atomic mass is 35.5. The first kappa shape index (κ1) is 21.1. The molecule has 33 heavy (non-hydrogen) atoms. The van der Waals surface area contributed by atoms with Gasteiger partial charge in [-0.2, -0.15) is 9.97 Å². The number of nitrogens with zero attached hydrogens (tertiary/aromatic N) is 3. The molecular formula is C25H25ClF2N4O. The molecule has 1 aliphatic carbocycles. The SMILES string of the molecule is COc1nc(N2CC3CCC(C2)N3)c2cc(Cl)c(-c3ccc(F)c4c3CCCC4)c(F)c2n1. The summed E-state index contributed by atoms with van der Waals surface area (Å²) < 4.78 is 36.0. The van der Waals surface area contributed by atoms with E-state index in [1.54, 1.807) is 12.1 Å². The molecule has 5 nitrogen and oxygen atoms in total. The molecule has 2 saturated heterocycles. The number of hydrogen-bond acceptors (Lipinski definition) is 5. The summed E-state index contributed by atoms with van der Waals surface area (Å²) in [6.45, 7) is 1.58. The Hall–Kier alpha value is -2.51. The zero-order valence-electron chi connectivity index (χ0n) is 18.4. The Labute approximate surface area is 196 Å². The Kier molecular flexibility index (Phi) is 5.14. The van der Waals surface area contributed by atoms with E-state index in [1.165, 1.54) is 13.2 Å². The van der Waals surface area contributed by atoms with E-state index >= 15 is 4.39 Å². The topological polar surface area (TPSA) is 50.3 Å². The number of anilines is 1. The molecule has 2 aromatic carbocycles. The van der Waals surface area contributed by atoms with Crippen LogP contribution < -0.4 is 15.0 Å². The summed E-state index contributed by atoms with van der Waals surface area (Å²) >= 11 is 6.73. The second kappa shape index (κ2) is 8.06. The molecule has 2 bridgehead atoms. The zero-order valence-corrected chi connectivity index (χ0v) is 19.2. The molecule has 3 heterocycles. The predicted octanol–water partition coefficient (Wildman–Crippen LogP) is 5.06. The minimum atomic E-state index is -0.517. The van der Waals surface area contributed by atoms with Gasteiger partial charge in [0.2, 0.25) is 0 Å². The van der Waals surface area contributed by atoms with Gasteiger partial charge in [-0.15, -0.1) is 0 Å². The normalized spacial score (nSPS) is 22.0. The van der Waals surface area contributed by atoms with Crippen LogP contribution >= 0.6 is 11.6 Å². The number of rotatable bonds is 3. The Bertz CT molecular complexity index is 1260. The summed E-state index contributed by atoms with van der Waals surface area (Å²) in [5.74, 6) is -0.105. The summed E-state index contributed by atoms with van der Waals surface area (Å²) in [5.41, 5.74) is 2.62. The van der Waals surface area contributed by atoms with E-state index in [-0.39, 0.29) is 27.9 Å². The number of methoxy groups -OCH3 is 1. The number of hydrogen-bond donors (Lipinski definition) is 1. The quantitative estimate of drug-likeness (QED) is 0.580. The van der Waals surface area contributed by atoms with Crippen LogP contribution in [0.1, 0.15) is 36.8 Å². The maximum Gasteiger partial charge on any atom is 0.318 e. The van der Waals surface area contributed by atoms with Crippen molar-refractivity contribution in [1.29, 1.82) is 0 Å². The average molecular weight is 471 g/mol. The van der Waals surface area contributed by atoms with Gasteiger partial charge < -0.3 is 15.0 Å². The van der Waals surface area contributed by atoms with E-state index in [2.05, 4.69) is 20.2 Å². The van der Waals surface area contributed by atoms with Crippen molar-refractivity contribution in [3.8, 4) is 17.1 Å². The second-order valence-electron chi connectivity index (χ2n) is 9.28. The molecule has 2 fully saturated rings. The van der Waals surface area contributed by atoms with E-state index < -0.39 is 5.82 Å². The predicted molar refractivity (Wildman–Crippen MR) is 125 cm³/mol. The van der Waals surface area contributed by atoms with Gasteiger partial charge in [0.1, 0.15) is 17.2 Å². The first-order valence-electron chi connectivity index (χ1n) is 11.6. The molecule has 2 aliphatic heterocycles. The molecular weight excluding hydrogens is 446 g/mol. The van der Waals surface area contributed by atoms with Crippen LogP contribution in [0.4, 0.5) is 14.6 Å². The van der Waals surface area contributed by atoms with E-state index in [0.717, 1.165) is 44.3 Å². The van der Waals surface area contributed by atoms with Crippen molar-refractivity contribution in [2.45, 2.75) is 50.6 Å². The molecule has 2 atom stereocenters. The lowest BCUT2D eigenvalue weighted by Crippen LogP contribution is -2.51. The van der Waals surface area contributed by atoms with E-state index in [9.17, 15) is 4.39 Å². The van der Waals surface area contributed by atoms with E-state index in [0.29, 0.717) is 47.3 Å². The number of benzene rings is 2. The Balaban J connectivity index is 1.55. The molecule has 0 radical (unpaired) electrons. The maximum absolute atomic E-state index is 16.2. The van der Waals surface area contributed by atoms with Gasteiger partial charge >= 0.3 is 6.01 Å². The highest BCUT2D eigenvalue weighted by Gasteiger charge is 2.34. The first-order valence-corrected chi connectivity index (χ1v) is 12.0. The van der Waals surface area contributed by atoms with E-state index in [1.807, 2.05) is 0 Å². The van der Waals surface area contributed by atoms with Gasteiger partial charge in [-0.3, -0.25) is 0 Å². The van der Waals surface area contributed by atoms with Gasteiger partial charge in [0, 0.05) is 36.1 Å². The molecule has 0 spiro atoms. The van der Waals surface area contributed by atoms with Crippen molar-refractivity contribution in [1.82, 2.24) is 15.3 Å². The minimum absolute atomic E-state index is 0.122. The van der Waals surface area contributed by atoms with Crippen LogP contribution in [0.3, 0.4) is 0 Å². The van der Waals surface area contributed by atoms with Crippen molar-refractivity contribution in [3.05, 3.63) is 46.0 Å². The monoisotopic (exact) mass is 470 g/mol. The highest BCUT2D eigenvalue weighted by molar-refractivity contribution is 6.34. The van der Waals surface area contributed by atoms with Crippen LogP contribution in [0.25, 0.3) is 22.0 Å². The lowest BCUT2D eigenvalue weighted by Gasteiger charge is -2.34. The minimum Gasteiger partial charge on any atom is -0.467 e. The van der Waals surface area contributed by atoms with Crippen LogP contribution in [-0.2, 0) is 12.8 Å². The fourth-order valence-electron chi connectivity index (χ4n) is 5.77. The smallest absolute Gasteiger partial charge is 0.318 e. The van der Waals surface area contributed by atoms with Crippen LogP contribution in [0.5, 0.6) is 6.01 Å². The van der Waals surface area contributed by atoms with Gasteiger partial charge in [-0.05, 0) is 67.3 Å². The maximum atomic E-state index is 16.2. The standard InChI is InChI=1S/C25H25ClF2N4O/c1-33-25-30-23-18(24(31-25)32-11-13-6-7-14(12-32)29-13)10-19(26)21(22(23)28)17-8-9-20(27)16-5-3-2-4-15(16)17/h8-10,13-14,29H,2-7,11-12H2,1H3. The Morgan fingerprint density at radius 3 is 2.52 bits per heavy atom. The fourth-order valence-corrected chi connectivity index (χ4v) is 6.06. The highest BCUT2D eigenvalue weighted by Crippen LogP contribution is 2.42. The van der Waals surface area contributed by atoms with Crippen molar-refractivity contribution in [3.63, 3.8) is 0 Å². The average Bonchev–Trinajstić information content (AvgIpc) is 3.17. The zero-order chi connectivity index (χ0) is 22.7. The largest absolute Gasteiger partial charge is 0.467 e. The molecule has 0 saturated carbocycles. The molecule has 8 heteroatoms. The number of aromatic nitrogens is 2. The molecule has 6 rings (SSSR count). The van der Waals surface area contributed by atoms with Crippen LogP contribution in [0.15, 0.2) is 18.2 Å². The summed E-state index contributed by atoms with van der Waals surface area (Å²) in [6, 6.07) is 5.73. The Morgan fingerprint density at radius 2 is 1.79 bits per heavy atom. The van der Waals surface area contributed by atoms with Gasteiger partial charge in [0.25, 0.3) is 0 Å². The van der Waals surface area contributed by atoms with Gasteiger partial charge in [0.15, 0.2) is 5.82 Å². The van der Waals surface area contributed by atoms with Crippen LogP contribution in [0.2, 0.25) is 5.02 Å². The van der Waals surface area contributed by atoms with Gasteiger partial charge in [-0.1, -0.05) is 17.7 Å². The molecule has 1 N–H and O–H groups in total. The van der Waals surface area contributed by atoms with Crippen LogP contribution in [-0.4, -0.2) is 42.3 Å². The van der Waals surface area contributed by atoms with Gasteiger partial charge in [-0.25, -0.2) is 8.78 Å². The third kappa shape index (κ3) is 3.44. The number of nitrogens with one attached hydrogen (secondary N) is 1. The van der Waals surface area contributed by atoms with Crippen molar-refractivity contribution in [2.24, 2.45) is 0 Å². The summed E-state index contributed by atoms with van der Waals surface area (Å²) in [7, 11) is 1.48. The molecule has 172 valence electrons. The lowest BCUT2D eigenvalue weighted by atomic mass is 9.85. The fraction of sp³-hybridized carbons (Fsp3) is 0.440. The second-order valence-corrected chi connectivity index (χ2v) is 9.69. The molecule has 0 amide bonds. The third-order valence-electron chi connectivity index (χ3n) is 7.29. The van der Waals surface area contributed by atoms with Crippen molar-refractivity contribution < 1.29 is 13.5 Å². The van der Waals surface area contributed by atoms with Crippen molar-refractivity contribution in [2.75, 3.05) is 25.1 Å².